The number of aromatic amines is 1. The number of hydrogen-bond donors (Lipinski definition) is 1. The van der Waals surface area contributed by atoms with Gasteiger partial charge in [0.05, 0.1) is 12.8 Å². The van der Waals surface area contributed by atoms with Crippen molar-refractivity contribution in [3.63, 3.8) is 0 Å². The third kappa shape index (κ3) is 3.42. The maximum atomic E-state index is 12.0. The van der Waals surface area contributed by atoms with Crippen molar-refractivity contribution in [1.82, 2.24) is 9.97 Å². The molecule has 0 spiro atoms. The van der Waals surface area contributed by atoms with Gasteiger partial charge in [-0.15, -0.1) is 0 Å². The third-order valence-corrected chi connectivity index (χ3v) is 4.34. The predicted molar refractivity (Wildman–Crippen MR) is 98.8 cm³/mol. The number of rotatable bonds is 4. The molecule has 0 amide bonds. The van der Waals surface area contributed by atoms with Crippen molar-refractivity contribution in [2.75, 3.05) is 13.4 Å². The second kappa shape index (κ2) is 7.24. The van der Waals surface area contributed by atoms with Crippen molar-refractivity contribution < 1.29 is 4.74 Å². The van der Waals surface area contributed by atoms with Crippen molar-refractivity contribution in [1.29, 1.82) is 5.26 Å². The molecule has 0 aliphatic heterocycles. The molecule has 3 rings (SSSR count). The normalized spacial score (nSPS) is 10.3. The Labute approximate surface area is 149 Å². The van der Waals surface area contributed by atoms with Crippen LogP contribution in [0.1, 0.15) is 5.56 Å². The Morgan fingerprint density at radius 1 is 1.12 bits per heavy atom. The topological polar surface area (TPSA) is 78.8 Å². The number of nitrogens with one attached hydrogen (secondary N) is 1. The summed E-state index contributed by atoms with van der Waals surface area (Å²) in [6, 6.07) is 17.3. The quantitative estimate of drug-likeness (QED) is 0.574. The monoisotopic (exact) mass is 349 g/mol. The average molecular weight is 349 g/mol. The number of aromatic nitrogens is 2. The molecule has 0 aliphatic carbocycles. The van der Waals surface area contributed by atoms with E-state index in [1.807, 2.05) is 60.9 Å². The summed E-state index contributed by atoms with van der Waals surface area (Å²) in [5.74, 6) is 0.786. The Hall–Kier alpha value is -3.04. The van der Waals surface area contributed by atoms with E-state index in [1.165, 1.54) is 11.8 Å². The molecule has 3 aromatic rings. The first-order valence-corrected chi connectivity index (χ1v) is 8.72. The fraction of sp³-hybridized carbons (Fsp3) is 0.105. The molecule has 0 saturated heterocycles. The van der Waals surface area contributed by atoms with E-state index < -0.39 is 5.56 Å². The first kappa shape index (κ1) is 16.8. The summed E-state index contributed by atoms with van der Waals surface area (Å²) in [6.07, 6.45) is 1.82. The maximum Gasteiger partial charge on any atom is 0.270 e. The minimum atomic E-state index is -0.422. The van der Waals surface area contributed by atoms with Crippen molar-refractivity contribution in [3.05, 3.63) is 64.4 Å². The molecule has 124 valence electrons. The van der Waals surface area contributed by atoms with Gasteiger partial charge in [-0.05, 0) is 29.5 Å². The van der Waals surface area contributed by atoms with Gasteiger partial charge in [0.15, 0.2) is 5.16 Å². The van der Waals surface area contributed by atoms with E-state index in [0.29, 0.717) is 10.9 Å². The van der Waals surface area contributed by atoms with E-state index in [0.717, 1.165) is 22.4 Å². The highest BCUT2D eigenvalue weighted by Gasteiger charge is 2.13. The smallest absolute Gasteiger partial charge is 0.270 e. The number of methoxy groups -OCH3 is 1. The highest BCUT2D eigenvalue weighted by Crippen LogP contribution is 2.27. The van der Waals surface area contributed by atoms with Crippen LogP contribution in [-0.2, 0) is 0 Å². The third-order valence-electron chi connectivity index (χ3n) is 3.76. The minimum absolute atomic E-state index is 0.0203. The summed E-state index contributed by atoms with van der Waals surface area (Å²) >= 11 is 1.33. The predicted octanol–water partition coefficient (Wildman–Crippen LogP) is 3.71. The van der Waals surface area contributed by atoms with Gasteiger partial charge in [0, 0.05) is 5.56 Å². The van der Waals surface area contributed by atoms with Crippen molar-refractivity contribution in [2.24, 2.45) is 0 Å². The number of thioether (sulfide) groups is 1. The Bertz CT molecular complexity index is 1000. The molecular weight excluding hydrogens is 334 g/mol. The SMILES string of the molecule is COc1cccc(-c2ccc(-c3nc(SC)[nH]c(=O)c3C#N)cc2)c1. The van der Waals surface area contributed by atoms with Crippen molar-refractivity contribution in [3.8, 4) is 34.2 Å². The van der Waals surface area contributed by atoms with Crippen LogP contribution in [0, 0.1) is 11.3 Å². The van der Waals surface area contributed by atoms with Crippen LogP contribution in [0.3, 0.4) is 0 Å². The Morgan fingerprint density at radius 2 is 1.84 bits per heavy atom. The number of ether oxygens (including phenoxy) is 1. The molecular formula is C19H15N3O2S. The van der Waals surface area contributed by atoms with E-state index in [-0.39, 0.29) is 5.56 Å². The van der Waals surface area contributed by atoms with Gasteiger partial charge in [-0.25, -0.2) is 4.98 Å². The Kier molecular flexibility index (Phi) is 4.87. The number of nitrogens with zero attached hydrogens (tertiary/aromatic N) is 2. The fourth-order valence-corrected chi connectivity index (χ4v) is 2.86. The molecule has 0 atom stereocenters. The van der Waals surface area contributed by atoms with Gasteiger partial charge in [0.2, 0.25) is 0 Å². The molecule has 0 radical (unpaired) electrons. The van der Waals surface area contributed by atoms with Crippen LogP contribution in [0.4, 0.5) is 0 Å². The van der Waals surface area contributed by atoms with E-state index in [9.17, 15) is 10.1 Å². The highest BCUT2D eigenvalue weighted by atomic mass is 32.2. The molecule has 0 fully saturated rings. The summed E-state index contributed by atoms with van der Waals surface area (Å²) in [5.41, 5.74) is 2.75. The Balaban J connectivity index is 2.05. The van der Waals surface area contributed by atoms with Gasteiger partial charge in [0.25, 0.3) is 5.56 Å². The molecule has 0 unspecified atom stereocenters. The summed E-state index contributed by atoms with van der Waals surface area (Å²) in [6.45, 7) is 0. The largest absolute Gasteiger partial charge is 0.497 e. The lowest BCUT2D eigenvalue weighted by molar-refractivity contribution is 0.415. The lowest BCUT2D eigenvalue weighted by Crippen LogP contribution is -2.14. The molecule has 2 aromatic carbocycles. The first-order valence-electron chi connectivity index (χ1n) is 7.49. The number of benzene rings is 2. The molecule has 25 heavy (non-hydrogen) atoms. The standard InChI is InChI=1S/C19H15N3O2S/c1-24-15-5-3-4-14(10-15)12-6-8-13(9-7-12)17-16(11-20)18(23)22-19(21-17)25-2/h3-10H,1-2H3,(H,21,22,23). The van der Waals surface area contributed by atoms with Crippen LogP contribution in [-0.4, -0.2) is 23.3 Å². The van der Waals surface area contributed by atoms with Crippen LogP contribution in [0.25, 0.3) is 22.4 Å². The van der Waals surface area contributed by atoms with Gasteiger partial charge in [-0.3, -0.25) is 4.79 Å². The lowest BCUT2D eigenvalue weighted by atomic mass is 10.0. The van der Waals surface area contributed by atoms with Crippen LogP contribution in [0.5, 0.6) is 5.75 Å². The van der Waals surface area contributed by atoms with Crippen molar-refractivity contribution >= 4 is 11.8 Å². The second-order valence-corrected chi connectivity index (χ2v) is 6.01. The number of hydrogen-bond acceptors (Lipinski definition) is 5. The molecule has 1 heterocycles. The maximum absolute atomic E-state index is 12.0. The molecule has 0 bridgehead atoms. The Morgan fingerprint density at radius 3 is 2.48 bits per heavy atom. The van der Waals surface area contributed by atoms with Crippen molar-refractivity contribution in [2.45, 2.75) is 5.16 Å². The molecule has 0 saturated carbocycles. The number of nitriles is 1. The molecule has 6 heteroatoms. The van der Waals surface area contributed by atoms with E-state index in [4.69, 9.17) is 4.74 Å². The second-order valence-electron chi connectivity index (χ2n) is 5.22. The summed E-state index contributed by atoms with van der Waals surface area (Å²) in [4.78, 5) is 19.0. The fourth-order valence-electron chi connectivity index (χ4n) is 2.49. The van der Waals surface area contributed by atoms with E-state index in [2.05, 4.69) is 9.97 Å². The minimum Gasteiger partial charge on any atom is -0.497 e. The molecule has 1 aromatic heterocycles. The van der Waals surface area contributed by atoms with E-state index in [1.54, 1.807) is 7.11 Å². The first-order chi connectivity index (χ1) is 12.2. The van der Waals surface area contributed by atoms with Crippen LogP contribution in [0.15, 0.2) is 58.5 Å². The molecule has 5 nitrogen and oxygen atoms in total. The summed E-state index contributed by atoms with van der Waals surface area (Å²) in [7, 11) is 1.63. The van der Waals surface area contributed by atoms with E-state index >= 15 is 0 Å². The zero-order valence-corrected chi connectivity index (χ0v) is 14.6. The summed E-state index contributed by atoms with van der Waals surface area (Å²) in [5, 5.41) is 9.77. The van der Waals surface area contributed by atoms with Gasteiger partial charge < -0.3 is 9.72 Å². The average Bonchev–Trinajstić information content (AvgIpc) is 2.67. The zero-order valence-electron chi connectivity index (χ0n) is 13.7. The van der Waals surface area contributed by atoms with Gasteiger partial charge >= 0.3 is 0 Å². The zero-order chi connectivity index (χ0) is 17.8. The van der Waals surface area contributed by atoms with Gasteiger partial charge in [0.1, 0.15) is 17.4 Å². The van der Waals surface area contributed by atoms with Crippen LogP contribution in [0.2, 0.25) is 0 Å². The summed E-state index contributed by atoms with van der Waals surface area (Å²) < 4.78 is 5.25. The van der Waals surface area contributed by atoms with Crippen LogP contribution < -0.4 is 10.3 Å². The molecule has 0 aliphatic rings. The van der Waals surface area contributed by atoms with Gasteiger partial charge in [-0.2, -0.15) is 5.26 Å². The van der Waals surface area contributed by atoms with Crippen LogP contribution >= 0.6 is 11.8 Å². The number of H-pyrrole nitrogens is 1. The van der Waals surface area contributed by atoms with Gasteiger partial charge in [-0.1, -0.05) is 48.2 Å². The highest BCUT2D eigenvalue weighted by molar-refractivity contribution is 7.98. The molecule has 1 N–H and O–H groups in total. The lowest BCUT2D eigenvalue weighted by Gasteiger charge is -2.08.